The number of fused-ring (bicyclic) bond motifs is 2. The van der Waals surface area contributed by atoms with Crippen molar-refractivity contribution in [3.63, 3.8) is 0 Å². The number of carbonyl (C=O) groups excluding carboxylic acids is 1. The Kier molecular flexibility index (Phi) is 5.67. The fourth-order valence-corrected chi connectivity index (χ4v) is 4.93. The lowest BCUT2D eigenvalue weighted by Crippen LogP contribution is -2.29. The predicted octanol–water partition coefficient (Wildman–Crippen LogP) is 6.14. The lowest BCUT2D eigenvalue weighted by Gasteiger charge is -2.28. The van der Waals surface area contributed by atoms with Gasteiger partial charge in [-0.15, -0.1) is 0 Å². The molecule has 0 bridgehead atoms. The molecule has 1 aliphatic rings. The van der Waals surface area contributed by atoms with Gasteiger partial charge in [-0.3, -0.25) is 19.9 Å². The van der Waals surface area contributed by atoms with Gasteiger partial charge >= 0.3 is 0 Å². The number of aromatic amines is 2. The zero-order valence-corrected chi connectivity index (χ0v) is 21.4. The molecule has 1 aromatic carbocycles. The van der Waals surface area contributed by atoms with Crippen molar-refractivity contribution in [1.82, 2.24) is 25.1 Å². The van der Waals surface area contributed by atoms with Crippen molar-refractivity contribution in [2.24, 2.45) is 5.41 Å². The van der Waals surface area contributed by atoms with Gasteiger partial charge in [0.1, 0.15) is 5.69 Å². The third kappa shape index (κ3) is 4.43. The van der Waals surface area contributed by atoms with Crippen molar-refractivity contribution >= 4 is 39.1 Å². The maximum Gasteiger partial charge on any atom is 0.229 e. The minimum absolute atomic E-state index is 0.0451. The fourth-order valence-electron chi connectivity index (χ4n) is 4.93. The highest BCUT2D eigenvalue weighted by atomic mass is 16.2. The molecule has 0 saturated carbocycles. The number of rotatable bonds is 4. The van der Waals surface area contributed by atoms with Crippen molar-refractivity contribution in [2.45, 2.75) is 40.0 Å². The normalized spacial score (nSPS) is 14.4. The monoisotopic (exact) mass is 493 g/mol. The van der Waals surface area contributed by atoms with Crippen LogP contribution in [-0.4, -0.2) is 44.1 Å². The first kappa shape index (κ1) is 23.2. The number of anilines is 2. The van der Waals surface area contributed by atoms with Gasteiger partial charge in [-0.1, -0.05) is 26.8 Å². The van der Waals surface area contributed by atoms with Gasteiger partial charge in [-0.2, -0.15) is 5.10 Å². The molecular weight excluding hydrogens is 462 g/mol. The molecule has 0 radical (unpaired) electrons. The molecule has 0 unspecified atom stereocenters. The van der Waals surface area contributed by atoms with Crippen LogP contribution < -0.4 is 10.2 Å². The van der Waals surface area contributed by atoms with Gasteiger partial charge in [-0.25, -0.2) is 0 Å². The van der Waals surface area contributed by atoms with E-state index in [0.29, 0.717) is 5.69 Å². The summed E-state index contributed by atoms with van der Waals surface area (Å²) in [6.07, 6.45) is 11.1. The minimum atomic E-state index is -0.483. The zero-order chi connectivity index (χ0) is 25.6. The van der Waals surface area contributed by atoms with Gasteiger partial charge < -0.3 is 15.2 Å². The maximum atomic E-state index is 12.5. The Morgan fingerprint density at radius 2 is 1.70 bits per heavy atom. The van der Waals surface area contributed by atoms with E-state index < -0.39 is 5.41 Å². The molecule has 37 heavy (non-hydrogen) atoms. The molecule has 5 heterocycles. The van der Waals surface area contributed by atoms with Crippen LogP contribution in [0, 0.1) is 5.41 Å². The number of nitrogens with one attached hydrogen (secondary N) is 3. The highest BCUT2D eigenvalue weighted by Crippen LogP contribution is 2.35. The maximum absolute atomic E-state index is 12.5. The van der Waals surface area contributed by atoms with Crippen LogP contribution in [0.15, 0.2) is 55.1 Å². The SMILES string of the molecule is CC(C)(C)C(=O)Nc1cncc(-c2ccc3[nH]nc(-c4cc5c(N6CCCCC6)cncc5[nH]4)c3c2)c1. The summed E-state index contributed by atoms with van der Waals surface area (Å²) in [5.41, 5.74) is 7.09. The van der Waals surface area contributed by atoms with Crippen LogP contribution in [0.1, 0.15) is 40.0 Å². The summed E-state index contributed by atoms with van der Waals surface area (Å²) in [5.74, 6) is -0.0451. The van der Waals surface area contributed by atoms with Crippen molar-refractivity contribution in [3.8, 4) is 22.5 Å². The van der Waals surface area contributed by atoms with Crippen LogP contribution in [0.3, 0.4) is 0 Å². The number of hydrogen-bond acceptors (Lipinski definition) is 5. The Bertz CT molecular complexity index is 1600. The van der Waals surface area contributed by atoms with E-state index in [4.69, 9.17) is 0 Å². The fraction of sp³-hybridized carbons (Fsp3) is 0.310. The molecule has 1 amide bonds. The van der Waals surface area contributed by atoms with Crippen LogP contribution in [-0.2, 0) is 4.79 Å². The second kappa shape index (κ2) is 9.03. The number of hydrogen-bond donors (Lipinski definition) is 3. The first-order chi connectivity index (χ1) is 17.9. The standard InChI is InChI=1S/C29H31N7O/c1-29(2,3)28(37)32-20-11-19(14-30-15-20)18-7-8-23-22(12-18)27(35-34-23)24-13-21-25(33-24)16-31-17-26(21)36-9-5-4-6-10-36/h7-8,11-17,33H,4-6,9-10H2,1-3H3,(H,32,37)(H,34,35). The highest BCUT2D eigenvalue weighted by molar-refractivity contribution is 6.01. The number of amides is 1. The Morgan fingerprint density at radius 1 is 0.892 bits per heavy atom. The highest BCUT2D eigenvalue weighted by Gasteiger charge is 2.22. The van der Waals surface area contributed by atoms with E-state index in [9.17, 15) is 4.79 Å². The van der Waals surface area contributed by atoms with E-state index in [2.05, 4.69) is 47.5 Å². The molecule has 1 fully saturated rings. The van der Waals surface area contributed by atoms with Gasteiger partial charge in [0, 0.05) is 41.0 Å². The van der Waals surface area contributed by atoms with Gasteiger partial charge in [-0.05, 0) is 49.1 Å². The molecule has 1 saturated heterocycles. The van der Waals surface area contributed by atoms with E-state index in [1.807, 2.05) is 57.6 Å². The Labute approximate surface area is 215 Å². The largest absolute Gasteiger partial charge is 0.370 e. The van der Waals surface area contributed by atoms with E-state index in [1.165, 1.54) is 30.3 Å². The summed E-state index contributed by atoms with van der Waals surface area (Å²) in [4.78, 5) is 27.3. The van der Waals surface area contributed by atoms with Gasteiger partial charge in [0.15, 0.2) is 0 Å². The molecular formula is C29H31N7O. The molecule has 1 aliphatic heterocycles. The Morgan fingerprint density at radius 3 is 2.51 bits per heavy atom. The van der Waals surface area contributed by atoms with E-state index >= 15 is 0 Å². The number of piperidine rings is 1. The zero-order valence-electron chi connectivity index (χ0n) is 21.4. The molecule has 188 valence electrons. The summed E-state index contributed by atoms with van der Waals surface area (Å²) in [7, 11) is 0. The summed E-state index contributed by atoms with van der Waals surface area (Å²) in [6, 6.07) is 10.3. The lowest BCUT2D eigenvalue weighted by atomic mass is 9.95. The molecule has 8 heteroatoms. The molecule has 0 atom stereocenters. The summed E-state index contributed by atoms with van der Waals surface area (Å²) in [5, 5.41) is 13.0. The number of benzene rings is 1. The van der Waals surface area contributed by atoms with Gasteiger partial charge in [0.2, 0.25) is 5.91 Å². The van der Waals surface area contributed by atoms with Crippen LogP contribution in [0.4, 0.5) is 11.4 Å². The second-order valence-corrected chi connectivity index (χ2v) is 10.8. The third-order valence-electron chi connectivity index (χ3n) is 7.05. The topological polar surface area (TPSA) is 103 Å². The average molecular weight is 494 g/mol. The summed E-state index contributed by atoms with van der Waals surface area (Å²) >= 11 is 0. The van der Waals surface area contributed by atoms with Crippen LogP contribution in [0.25, 0.3) is 44.3 Å². The number of nitrogens with zero attached hydrogens (tertiary/aromatic N) is 4. The van der Waals surface area contributed by atoms with Crippen LogP contribution in [0.5, 0.6) is 0 Å². The van der Waals surface area contributed by atoms with Crippen LogP contribution in [0.2, 0.25) is 0 Å². The Hall–Kier alpha value is -4.20. The van der Waals surface area contributed by atoms with Crippen molar-refractivity contribution < 1.29 is 4.79 Å². The quantitative estimate of drug-likeness (QED) is 0.279. The molecule has 3 N–H and O–H groups in total. The molecule has 4 aromatic heterocycles. The van der Waals surface area contributed by atoms with E-state index in [1.54, 1.807) is 6.20 Å². The smallest absolute Gasteiger partial charge is 0.229 e. The average Bonchev–Trinajstić information content (AvgIpc) is 3.52. The molecule has 6 rings (SSSR count). The number of H-pyrrole nitrogens is 2. The lowest BCUT2D eigenvalue weighted by molar-refractivity contribution is -0.123. The summed E-state index contributed by atoms with van der Waals surface area (Å²) < 4.78 is 0. The van der Waals surface area contributed by atoms with Gasteiger partial charge in [0.05, 0.1) is 46.7 Å². The Balaban J connectivity index is 1.37. The van der Waals surface area contributed by atoms with Gasteiger partial charge in [0.25, 0.3) is 0 Å². The van der Waals surface area contributed by atoms with Crippen molar-refractivity contribution in [3.05, 3.63) is 55.1 Å². The first-order valence-electron chi connectivity index (χ1n) is 12.8. The number of carbonyl (C=O) groups is 1. The number of aromatic nitrogens is 5. The minimum Gasteiger partial charge on any atom is -0.370 e. The van der Waals surface area contributed by atoms with Crippen LogP contribution >= 0.6 is 0 Å². The summed E-state index contributed by atoms with van der Waals surface area (Å²) in [6.45, 7) is 7.81. The molecule has 5 aromatic rings. The third-order valence-corrected chi connectivity index (χ3v) is 7.05. The first-order valence-corrected chi connectivity index (χ1v) is 12.8. The molecule has 0 aliphatic carbocycles. The molecule has 0 spiro atoms. The second-order valence-electron chi connectivity index (χ2n) is 10.8. The molecule has 8 nitrogen and oxygen atoms in total. The van der Waals surface area contributed by atoms with E-state index in [-0.39, 0.29) is 5.91 Å². The van der Waals surface area contributed by atoms with Crippen molar-refractivity contribution in [1.29, 1.82) is 0 Å². The number of pyridine rings is 2. The van der Waals surface area contributed by atoms with E-state index in [0.717, 1.165) is 52.0 Å². The predicted molar refractivity (Wildman–Crippen MR) is 149 cm³/mol. The van der Waals surface area contributed by atoms with Crippen molar-refractivity contribution in [2.75, 3.05) is 23.3 Å².